The van der Waals surface area contributed by atoms with E-state index in [0.29, 0.717) is 0 Å². The van der Waals surface area contributed by atoms with Crippen molar-refractivity contribution in [2.24, 2.45) is 5.41 Å². The molecule has 4 heteroatoms. The predicted octanol–water partition coefficient (Wildman–Crippen LogP) is 17.2. The van der Waals surface area contributed by atoms with Crippen molar-refractivity contribution in [1.82, 2.24) is 0 Å². The molecule has 0 aromatic heterocycles. The normalized spacial score (nSPS) is 27.4. The van der Waals surface area contributed by atoms with Crippen molar-refractivity contribution in [1.29, 1.82) is 0 Å². The summed E-state index contributed by atoms with van der Waals surface area (Å²) in [5, 5.41) is 0. The Labute approximate surface area is 462 Å². The molecule has 4 aliphatic heterocycles. The minimum atomic E-state index is -0.128. The summed E-state index contributed by atoms with van der Waals surface area (Å²) in [4.78, 5) is 8.57. The summed E-state index contributed by atoms with van der Waals surface area (Å²) in [7, 11) is 0. The van der Waals surface area contributed by atoms with Gasteiger partial charge in [-0.25, -0.2) is 0 Å². The second-order valence-corrected chi connectivity index (χ2v) is 30.4. The molecule has 0 saturated heterocycles. The lowest BCUT2D eigenvalue weighted by atomic mass is 9.33. The fraction of sp³-hybridized carbons (Fsp3) is 0.452. The van der Waals surface area contributed by atoms with E-state index in [1.165, 1.54) is 133 Å². The first kappa shape index (κ1) is 48.4. The second kappa shape index (κ2) is 14.7. The van der Waals surface area contributed by atoms with Gasteiger partial charge in [-0.15, -0.1) is 0 Å². The van der Waals surface area contributed by atoms with Crippen LogP contribution in [0.3, 0.4) is 0 Å². The van der Waals surface area contributed by atoms with E-state index < -0.39 is 0 Å². The van der Waals surface area contributed by atoms with E-state index >= 15 is 0 Å². The maximum absolute atomic E-state index is 2.92. The van der Waals surface area contributed by atoms with Crippen molar-refractivity contribution >= 4 is 62.9 Å². The van der Waals surface area contributed by atoms with E-state index in [2.05, 4.69) is 229 Å². The van der Waals surface area contributed by atoms with Gasteiger partial charge in [0.1, 0.15) is 0 Å². The molecule has 6 bridgehead atoms. The molecule has 4 atom stereocenters. The van der Waals surface area contributed by atoms with Gasteiger partial charge < -0.3 is 14.7 Å². The van der Waals surface area contributed by atoms with Gasteiger partial charge in [0.15, 0.2) is 0 Å². The van der Waals surface area contributed by atoms with Crippen LogP contribution in [-0.2, 0) is 32.5 Å². The topological polar surface area (TPSA) is 9.72 Å². The zero-order valence-electron chi connectivity index (χ0n) is 49.5. The number of rotatable bonds is 1. The molecule has 4 unspecified atom stereocenters. The van der Waals surface area contributed by atoms with Crippen LogP contribution in [0.5, 0.6) is 0 Å². The van der Waals surface area contributed by atoms with Gasteiger partial charge in [0, 0.05) is 56.1 Å². The van der Waals surface area contributed by atoms with Gasteiger partial charge in [-0.2, -0.15) is 0 Å². The van der Waals surface area contributed by atoms with Crippen LogP contribution >= 0.6 is 0 Å². The van der Waals surface area contributed by atoms with Crippen molar-refractivity contribution < 1.29 is 0 Å². The second-order valence-electron chi connectivity index (χ2n) is 30.4. The molecule has 4 heterocycles. The number of benzene rings is 6. The monoisotopic (exact) mass is 1010 g/mol. The Bertz CT molecular complexity index is 3760. The largest absolute Gasteiger partial charge is 0.335 e. The molecule has 1 fully saturated rings. The molecule has 6 aromatic rings. The highest BCUT2D eigenvalue weighted by molar-refractivity contribution is 7.00. The minimum Gasteiger partial charge on any atom is -0.335 e. The standard InChI is InChI=1S/C73H82BN3/c1-42-31-63-65-64(32-42)76-59-39-55-51(33-43(59)2)67(6,7)29-30-71(55,14)54-40-60-56(36-50(54)66(3,4)5)72(15)27-19-20-28-73(72,16)77(60)45-24-26-57(61(76)35-45)74(65)58-37-52-53(69(10,11)41-68(52,8)9)38-62(58)75(63)44-23-25-47-46-21-17-18-22-48(46)70(12,13)49(47)34-44/h17-18,21-26,31-38,40,59H,19-20,27-30,39,41H2,1-16H3. The molecule has 77 heavy (non-hydrogen) atoms. The highest BCUT2D eigenvalue weighted by Crippen LogP contribution is 2.65. The molecule has 392 valence electrons. The van der Waals surface area contributed by atoms with Crippen LogP contribution < -0.4 is 31.1 Å². The van der Waals surface area contributed by atoms with Gasteiger partial charge in [0.2, 0.25) is 0 Å². The van der Waals surface area contributed by atoms with E-state index in [1.54, 1.807) is 27.8 Å². The minimum absolute atomic E-state index is 0.0176. The molecule has 1 saturated carbocycles. The molecule has 0 amide bonds. The molecule has 15 rings (SSSR count). The summed E-state index contributed by atoms with van der Waals surface area (Å²) in [6.45, 7) is 40.4. The highest BCUT2D eigenvalue weighted by Gasteiger charge is 2.60. The van der Waals surface area contributed by atoms with Crippen LogP contribution in [-0.4, -0.2) is 18.3 Å². The maximum atomic E-state index is 2.92. The van der Waals surface area contributed by atoms with E-state index in [1.807, 2.05) is 0 Å². The summed E-state index contributed by atoms with van der Waals surface area (Å²) in [5.41, 5.74) is 33.2. The number of nitrogens with zero attached hydrogens (tertiary/aromatic N) is 3. The van der Waals surface area contributed by atoms with Gasteiger partial charge >= 0.3 is 0 Å². The first-order valence-electron chi connectivity index (χ1n) is 29.9. The lowest BCUT2D eigenvalue weighted by Crippen LogP contribution is -2.63. The Morgan fingerprint density at radius 1 is 0.545 bits per heavy atom. The summed E-state index contributed by atoms with van der Waals surface area (Å²) in [6, 6.07) is 40.8. The van der Waals surface area contributed by atoms with Crippen LogP contribution in [0.1, 0.15) is 200 Å². The highest BCUT2D eigenvalue weighted by atomic mass is 15.3. The molecular weight excluding hydrogens is 930 g/mol. The van der Waals surface area contributed by atoms with E-state index in [0.717, 1.165) is 19.3 Å². The van der Waals surface area contributed by atoms with Gasteiger partial charge in [0.05, 0.1) is 11.6 Å². The molecule has 0 radical (unpaired) electrons. The zero-order valence-corrected chi connectivity index (χ0v) is 49.5. The van der Waals surface area contributed by atoms with Gasteiger partial charge in [-0.1, -0.05) is 169 Å². The zero-order chi connectivity index (χ0) is 53.8. The van der Waals surface area contributed by atoms with Crippen LogP contribution in [0.15, 0.2) is 120 Å². The number of aryl methyl sites for hydroxylation is 1. The van der Waals surface area contributed by atoms with E-state index in [9.17, 15) is 0 Å². The third-order valence-electron chi connectivity index (χ3n) is 23.0. The molecule has 0 spiro atoms. The van der Waals surface area contributed by atoms with Crippen molar-refractivity contribution in [3.8, 4) is 11.1 Å². The summed E-state index contributed by atoms with van der Waals surface area (Å²) in [6.07, 6.45) is 12.1. The van der Waals surface area contributed by atoms with Crippen molar-refractivity contribution in [3.05, 3.63) is 164 Å². The molecule has 6 aromatic carbocycles. The quantitative estimate of drug-likeness (QED) is 0.152. The van der Waals surface area contributed by atoms with Crippen LogP contribution in [0.4, 0.5) is 39.8 Å². The van der Waals surface area contributed by atoms with Crippen LogP contribution in [0, 0.1) is 12.3 Å². The van der Waals surface area contributed by atoms with Gasteiger partial charge in [0.25, 0.3) is 6.71 Å². The molecule has 3 nitrogen and oxygen atoms in total. The SMILES string of the molecule is CC1=CC2=C3CC1N1c4cc(ccc4B4c5cc6c(cc5N(c5ccc7c(c5)C(C)(C)c5ccccc5-7)c5cc(C)cc1c54)C(C)(C)CC6(C)C)N1c4cc(c(C(C)(C)C)cc4C4(C)CCCCC14C)C3(C)CCC2(C)C. The fourth-order valence-electron chi connectivity index (χ4n) is 18.9. The Balaban J connectivity index is 1.05. The molecule has 9 aliphatic rings. The van der Waals surface area contributed by atoms with Crippen LogP contribution in [0.25, 0.3) is 11.1 Å². The van der Waals surface area contributed by atoms with Crippen LogP contribution in [0.2, 0.25) is 0 Å². The fourth-order valence-corrected chi connectivity index (χ4v) is 18.9. The number of fused-ring (bicyclic) bond motifs is 17. The maximum Gasteiger partial charge on any atom is 0.252 e. The third-order valence-corrected chi connectivity index (χ3v) is 23.0. The average molecular weight is 1010 g/mol. The van der Waals surface area contributed by atoms with Crippen molar-refractivity contribution in [2.75, 3.05) is 14.7 Å². The third kappa shape index (κ3) is 5.97. The lowest BCUT2D eigenvalue weighted by Gasteiger charge is -2.53. The van der Waals surface area contributed by atoms with E-state index in [-0.39, 0.29) is 56.2 Å². The number of allylic oxidation sites excluding steroid dienone is 2. The summed E-state index contributed by atoms with van der Waals surface area (Å²) < 4.78 is 0. The summed E-state index contributed by atoms with van der Waals surface area (Å²) in [5.74, 6) is 0. The Hall–Kier alpha value is -5.74. The van der Waals surface area contributed by atoms with Crippen molar-refractivity contribution in [2.45, 2.75) is 206 Å². The summed E-state index contributed by atoms with van der Waals surface area (Å²) >= 11 is 0. The molecule has 5 aliphatic carbocycles. The molecule has 0 N–H and O–H groups in total. The average Bonchev–Trinajstić information content (AvgIpc) is 4.04. The Kier molecular flexibility index (Phi) is 9.26. The van der Waals surface area contributed by atoms with Gasteiger partial charge in [-0.3, -0.25) is 0 Å². The first-order chi connectivity index (χ1) is 36.2. The smallest absolute Gasteiger partial charge is 0.252 e. The van der Waals surface area contributed by atoms with Crippen molar-refractivity contribution in [3.63, 3.8) is 0 Å². The predicted molar refractivity (Wildman–Crippen MR) is 328 cm³/mol. The number of hydrogen-bond donors (Lipinski definition) is 0. The molecular formula is C73H82BN3. The van der Waals surface area contributed by atoms with E-state index in [4.69, 9.17) is 0 Å². The first-order valence-corrected chi connectivity index (χ1v) is 29.9. The van der Waals surface area contributed by atoms with Gasteiger partial charge in [-0.05, 0) is 207 Å². The lowest BCUT2D eigenvalue weighted by molar-refractivity contribution is 0.195. The Morgan fingerprint density at radius 2 is 1.23 bits per heavy atom. The Morgan fingerprint density at radius 3 is 2.00 bits per heavy atom. The number of hydrogen-bond acceptors (Lipinski definition) is 3. The number of anilines is 7.